The molecule has 0 spiro atoms. The molecular formula is C24H28ClN3O. The van der Waals surface area contributed by atoms with Gasteiger partial charge < -0.3 is 15.4 Å². The van der Waals surface area contributed by atoms with Crippen molar-refractivity contribution >= 4 is 22.4 Å². The maximum Gasteiger partial charge on any atom is 0.124 e. The average molecular weight is 410 g/mol. The van der Waals surface area contributed by atoms with Crippen LogP contribution in [-0.4, -0.2) is 44.2 Å². The summed E-state index contributed by atoms with van der Waals surface area (Å²) in [6, 6.07) is 20.6. The summed E-state index contributed by atoms with van der Waals surface area (Å²) >= 11 is 5.99. The van der Waals surface area contributed by atoms with Gasteiger partial charge in [-0.2, -0.15) is 0 Å². The number of nitrogens with one attached hydrogen (secondary N) is 2. The zero-order chi connectivity index (χ0) is 19.9. The van der Waals surface area contributed by atoms with Gasteiger partial charge in [0, 0.05) is 56.4 Å². The molecule has 1 saturated heterocycles. The van der Waals surface area contributed by atoms with Gasteiger partial charge in [-0.3, -0.25) is 4.90 Å². The first-order valence-electron chi connectivity index (χ1n) is 10.3. The molecule has 4 nitrogen and oxygen atoms in total. The fourth-order valence-corrected chi connectivity index (χ4v) is 3.89. The highest BCUT2D eigenvalue weighted by Crippen LogP contribution is 2.29. The molecule has 0 aliphatic carbocycles. The predicted molar refractivity (Wildman–Crippen MR) is 121 cm³/mol. The Morgan fingerprint density at radius 2 is 1.76 bits per heavy atom. The molecule has 0 radical (unpaired) electrons. The largest absolute Gasteiger partial charge is 0.489 e. The fourth-order valence-electron chi connectivity index (χ4n) is 3.76. The third kappa shape index (κ3) is 5.49. The molecule has 1 aliphatic heterocycles. The van der Waals surface area contributed by atoms with Crippen LogP contribution in [0, 0.1) is 0 Å². The van der Waals surface area contributed by atoms with Crippen LogP contribution in [0.5, 0.6) is 5.75 Å². The van der Waals surface area contributed by atoms with Gasteiger partial charge in [0.15, 0.2) is 0 Å². The molecule has 4 rings (SSSR count). The normalized spacial score (nSPS) is 14.9. The number of fused-ring (bicyclic) bond motifs is 1. The van der Waals surface area contributed by atoms with Gasteiger partial charge in [0.25, 0.3) is 0 Å². The summed E-state index contributed by atoms with van der Waals surface area (Å²) in [5.74, 6) is 0.938. The standard InChI is InChI=1S/C24H28ClN3O/c25-21-8-5-19(6-9-21)18-29-24-10-7-20-3-1-2-4-22(20)23(24)17-27-13-16-28-14-11-26-12-15-28/h1-10,26-27H,11-18H2. The van der Waals surface area contributed by atoms with Crippen molar-refractivity contribution in [2.45, 2.75) is 13.2 Å². The van der Waals surface area contributed by atoms with Gasteiger partial charge in [0.05, 0.1) is 0 Å². The van der Waals surface area contributed by atoms with Gasteiger partial charge in [-0.15, -0.1) is 0 Å². The third-order valence-electron chi connectivity index (χ3n) is 5.42. The van der Waals surface area contributed by atoms with E-state index in [4.69, 9.17) is 16.3 Å². The number of piperazine rings is 1. The molecule has 152 valence electrons. The van der Waals surface area contributed by atoms with E-state index in [0.717, 1.165) is 62.1 Å². The Bertz CT molecular complexity index is 923. The first-order chi connectivity index (χ1) is 14.3. The molecule has 3 aromatic rings. The second kappa shape index (κ2) is 10.1. The Morgan fingerprint density at radius 3 is 2.59 bits per heavy atom. The van der Waals surface area contributed by atoms with Crippen molar-refractivity contribution in [1.82, 2.24) is 15.5 Å². The van der Waals surface area contributed by atoms with E-state index in [1.807, 2.05) is 24.3 Å². The second-order valence-corrected chi connectivity index (χ2v) is 7.88. The highest BCUT2D eigenvalue weighted by molar-refractivity contribution is 6.30. The van der Waals surface area contributed by atoms with Gasteiger partial charge in [-0.05, 0) is 34.5 Å². The molecule has 2 N–H and O–H groups in total. The summed E-state index contributed by atoms with van der Waals surface area (Å²) in [5.41, 5.74) is 2.33. The highest BCUT2D eigenvalue weighted by atomic mass is 35.5. The average Bonchev–Trinajstić information content (AvgIpc) is 2.77. The van der Waals surface area contributed by atoms with Crippen molar-refractivity contribution in [3.05, 3.63) is 76.8 Å². The van der Waals surface area contributed by atoms with Gasteiger partial charge >= 0.3 is 0 Å². The maximum absolute atomic E-state index is 6.22. The number of rotatable bonds is 8. The number of nitrogens with zero attached hydrogens (tertiary/aromatic N) is 1. The van der Waals surface area contributed by atoms with Crippen LogP contribution < -0.4 is 15.4 Å². The third-order valence-corrected chi connectivity index (χ3v) is 5.67. The molecule has 0 aromatic heterocycles. The quantitative estimate of drug-likeness (QED) is 0.550. The number of ether oxygens (including phenoxy) is 1. The lowest BCUT2D eigenvalue weighted by molar-refractivity contribution is 0.240. The molecule has 0 bridgehead atoms. The lowest BCUT2D eigenvalue weighted by atomic mass is 10.0. The van der Waals surface area contributed by atoms with Crippen molar-refractivity contribution in [3.8, 4) is 5.75 Å². The van der Waals surface area contributed by atoms with Crippen molar-refractivity contribution in [2.75, 3.05) is 39.3 Å². The predicted octanol–water partition coefficient (Wildman–Crippen LogP) is 4.07. The van der Waals surface area contributed by atoms with Crippen LogP contribution in [-0.2, 0) is 13.2 Å². The minimum Gasteiger partial charge on any atom is -0.489 e. The maximum atomic E-state index is 6.22. The topological polar surface area (TPSA) is 36.5 Å². The van der Waals surface area contributed by atoms with E-state index in [9.17, 15) is 0 Å². The smallest absolute Gasteiger partial charge is 0.124 e. The zero-order valence-corrected chi connectivity index (χ0v) is 17.4. The molecule has 1 aliphatic rings. The minimum absolute atomic E-state index is 0.531. The van der Waals surface area contributed by atoms with Crippen LogP contribution in [0.1, 0.15) is 11.1 Å². The summed E-state index contributed by atoms with van der Waals surface area (Å²) in [4.78, 5) is 2.50. The summed E-state index contributed by atoms with van der Waals surface area (Å²) < 4.78 is 6.22. The van der Waals surface area contributed by atoms with Gasteiger partial charge in [0.2, 0.25) is 0 Å². The molecule has 0 unspecified atom stereocenters. The van der Waals surface area contributed by atoms with Crippen LogP contribution in [0.15, 0.2) is 60.7 Å². The Balaban J connectivity index is 1.44. The fraction of sp³-hybridized carbons (Fsp3) is 0.333. The minimum atomic E-state index is 0.531. The van der Waals surface area contributed by atoms with Gasteiger partial charge in [-0.1, -0.05) is 54.1 Å². The number of benzene rings is 3. The van der Waals surface area contributed by atoms with Crippen molar-refractivity contribution in [1.29, 1.82) is 0 Å². The molecule has 0 atom stereocenters. The van der Waals surface area contributed by atoms with E-state index >= 15 is 0 Å². The lowest BCUT2D eigenvalue weighted by Crippen LogP contribution is -2.45. The second-order valence-electron chi connectivity index (χ2n) is 7.45. The molecule has 0 amide bonds. The van der Waals surface area contributed by atoms with E-state index in [-0.39, 0.29) is 0 Å². The number of hydrogen-bond acceptors (Lipinski definition) is 4. The molecular weight excluding hydrogens is 382 g/mol. The summed E-state index contributed by atoms with van der Waals surface area (Å²) in [6.07, 6.45) is 0. The first-order valence-corrected chi connectivity index (χ1v) is 10.7. The van der Waals surface area contributed by atoms with E-state index in [1.165, 1.54) is 16.3 Å². The Morgan fingerprint density at radius 1 is 0.966 bits per heavy atom. The Kier molecular flexibility index (Phi) is 7.01. The van der Waals surface area contributed by atoms with Crippen molar-refractivity contribution in [3.63, 3.8) is 0 Å². The number of hydrogen-bond donors (Lipinski definition) is 2. The van der Waals surface area contributed by atoms with E-state index < -0.39 is 0 Å². The van der Waals surface area contributed by atoms with Gasteiger partial charge in [0.1, 0.15) is 12.4 Å². The van der Waals surface area contributed by atoms with Crippen LogP contribution in [0.3, 0.4) is 0 Å². The molecule has 3 aromatic carbocycles. The summed E-state index contributed by atoms with van der Waals surface area (Å²) in [5, 5.41) is 10.3. The van der Waals surface area contributed by atoms with E-state index in [1.54, 1.807) is 0 Å². The number of halogens is 1. The van der Waals surface area contributed by atoms with Crippen LogP contribution >= 0.6 is 11.6 Å². The molecule has 0 saturated carbocycles. The zero-order valence-electron chi connectivity index (χ0n) is 16.7. The van der Waals surface area contributed by atoms with Crippen LogP contribution in [0.2, 0.25) is 5.02 Å². The van der Waals surface area contributed by atoms with Crippen LogP contribution in [0.25, 0.3) is 10.8 Å². The Hall–Kier alpha value is -2.11. The molecule has 5 heteroatoms. The SMILES string of the molecule is Clc1ccc(COc2ccc3ccccc3c2CNCCN2CCNCC2)cc1. The molecule has 1 fully saturated rings. The van der Waals surface area contributed by atoms with Gasteiger partial charge in [-0.25, -0.2) is 0 Å². The van der Waals surface area contributed by atoms with E-state index in [2.05, 4.69) is 51.9 Å². The highest BCUT2D eigenvalue weighted by Gasteiger charge is 2.11. The Labute approximate surface area is 177 Å². The molecule has 29 heavy (non-hydrogen) atoms. The van der Waals surface area contributed by atoms with Crippen LogP contribution in [0.4, 0.5) is 0 Å². The van der Waals surface area contributed by atoms with Crippen molar-refractivity contribution in [2.24, 2.45) is 0 Å². The van der Waals surface area contributed by atoms with Crippen molar-refractivity contribution < 1.29 is 4.74 Å². The summed E-state index contributed by atoms with van der Waals surface area (Å²) in [6.45, 7) is 7.81. The summed E-state index contributed by atoms with van der Waals surface area (Å²) in [7, 11) is 0. The first kappa shape index (κ1) is 20.2. The van der Waals surface area contributed by atoms with E-state index in [0.29, 0.717) is 6.61 Å². The lowest BCUT2D eigenvalue weighted by Gasteiger charge is -2.27. The molecule has 1 heterocycles. The monoisotopic (exact) mass is 409 g/mol.